The van der Waals surface area contributed by atoms with Crippen molar-refractivity contribution >= 4 is 11.8 Å². The maximum Gasteiger partial charge on any atom is 0.222 e. The number of aryl methyl sites for hydroxylation is 1. The van der Waals surface area contributed by atoms with Crippen molar-refractivity contribution in [2.75, 3.05) is 18.1 Å². The van der Waals surface area contributed by atoms with Crippen LogP contribution in [0, 0.1) is 17.1 Å². The van der Waals surface area contributed by atoms with Crippen molar-refractivity contribution in [1.29, 1.82) is 5.26 Å². The van der Waals surface area contributed by atoms with Gasteiger partial charge in [0.2, 0.25) is 5.95 Å². The molecule has 0 saturated heterocycles. The molecule has 1 aliphatic rings. The van der Waals surface area contributed by atoms with Gasteiger partial charge >= 0.3 is 0 Å². The van der Waals surface area contributed by atoms with Gasteiger partial charge in [-0.3, -0.25) is 0 Å². The van der Waals surface area contributed by atoms with Crippen molar-refractivity contribution in [2.45, 2.75) is 12.8 Å². The van der Waals surface area contributed by atoms with Crippen LogP contribution < -0.4 is 16.2 Å². The van der Waals surface area contributed by atoms with Crippen LogP contribution >= 0.6 is 0 Å². The third kappa shape index (κ3) is 2.21. The fourth-order valence-electron chi connectivity index (χ4n) is 2.42. The summed E-state index contributed by atoms with van der Waals surface area (Å²) in [4.78, 5) is 7.79. The minimum atomic E-state index is -0.422. The minimum Gasteiger partial charge on any atom is -0.493 e. The number of aromatic nitrogens is 2. The van der Waals surface area contributed by atoms with E-state index in [1.54, 1.807) is 0 Å². The lowest BCUT2D eigenvalue weighted by Gasteiger charge is -2.21. The molecule has 0 radical (unpaired) electrons. The van der Waals surface area contributed by atoms with Gasteiger partial charge in [-0.15, -0.1) is 0 Å². The van der Waals surface area contributed by atoms with Crippen molar-refractivity contribution < 1.29 is 9.13 Å². The number of nitrogen functional groups attached to an aromatic ring is 2. The summed E-state index contributed by atoms with van der Waals surface area (Å²) < 4.78 is 19.5. The van der Waals surface area contributed by atoms with Gasteiger partial charge in [-0.2, -0.15) is 10.2 Å². The molecule has 106 valence electrons. The van der Waals surface area contributed by atoms with Crippen molar-refractivity contribution in [3.8, 4) is 23.1 Å². The van der Waals surface area contributed by atoms with E-state index in [-0.39, 0.29) is 23.0 Å². The number of nitrogens with zero attached hydrogens (tertiary/aromatic N) is 3. The van der Waals surface area contributed by atoms with Crippen LogP contribution in [0.25, 0.3) is 11.3 Å². The number of anilines is 2. The van der Waals surface area contributed by atoms with Crippen LogP contribution in [-0.2, 0) is 6.42 Å². The largest absolute Gasteiger partial charge is 0.493 e. The summed E-state index contributed by atoms with van der Waals surface area (Å²) in [5.41, 5.74) is 12.7. The van der Waals surface area contributed by atoms with Crippen molar-refractivity contribution in [3.05, 3.63) is 29.1 Å². The highest BCUT2D eigenvalue weighted by atomic mass is 19.1. The molecule has 1 aromatic carbocycles. The summed E-state index contributed by atoms with van der Waals surface area (Å²) in [6, 6.07) is 4.63. The second-order valence-electron chi connectivity index (χ2n) is 4.70. The Balaban J connectivity index is 2.31. The van der Waals surface area contributed by atoms with E-state index in [0.29, 0.717) is 24.3 Å². The van der Waals surface area contributed by atoms with Gasteiger partial charge in [0.05, 0.1) is 12.3 Å². The number of rotatable bonds is 1. The van der Waals surface area contributed by atoms with Crippen molar-refractivity contribution in [3.63, 3.8) is 0 Å². The fraction of sp³-hybridized carbons (Fsp3) is 0.214. The highest BCUT2D eigenvalue weighted by Gasteiger charge is 2.22. The van der Waals surface area contributed by atoms with E-state index < -0.39 is 5.82 Å². The standard InChI is InChI=1S/C14H12FN5O/c15-8-4-7-2-1-3-21-12(7)9(5-8)11-10(6-16)13(17)20-14(18)19-11/h4-5H,1-3H2,(H4,17,18,19,20). The lowest BCUT2D eigenvalue weighted by Crippen LogP contribution is -2.11. The van der Waals surface area contributed by atoms with Crippen LogP contribution in [0.4, 0.5) is 16.2 Å². The Kier molecular flexibility index (Phi) is 3.06. The molecule has 0 amide bonds. The molecule has 6 nitrogen and oxygen atoms in total. The monoisotopic (exact) mass is 285 g/mol. The molecule has 0 bridgehead atoms. The maximum atomic E-state index is 13.8. The van der Waals surface area contributed by atoms with Gasteiger partial charge in [0, 0.05) is 5.56 Å². The zero-order valence-electron chi connectivity index (χ0n) is 11.1. The van der Waals surface area contributed by atoms with E-state index in [0.717, 1.165) is 12.0 Å². The van der Waals surface area contributed by atoms with E-state index in [1.165, 1.54) is 12.1 Å². The molecule has 0 fully saturated rings. The molecule has 0 saturated carbocycles. The van der Waals surface area contributed by atoms with Gasteiger partial charge in [0.25, 0.3) is 0 Å². The smallest absolute Gasteiger partial charge is 0.222 e. The average Bonchev–Trinajstić information content (AvgIpc) is 2.45. The topological polar surface area (TPSA) is 111 Å². The van der Waals surface area contributed by atoms with Gasteiger partial charge in [-0.25, -0.2) is 9.37 Å². The number of hydrogen-bond donors (Lipinski definition) is 2. The van der Waals surface area contributed by atoms with Gasteiger partial charge < -0.3 is 16.2 Å². The second-order valence-corrected chi connectivity index (χ2v) is 4.70. The molecule has 2 heterocycles. The predicted octanol–water partition coefficient (Wildman–Crippen LogP) is 1.64. The Bertz CT molecular complexity index is 769. The van der Waals surface area contributed by atoms with Crippen LogP contribution in [0.1, 0.15) is 17.5 Å². The van der Waals surface area contributed by atoms with E-state index >= 15 is 0 Å². The first-order valence-electron chi connectivity index (χ1n) is 6.39. The van der Waals surface area contributed by atoms with Crippen molar-refractivity contribution in [2.24, 2.45) is 0 Å². The van der Waals surface area contributed by atoms with E-state index in [1.807, 2.05) is 6.07 Å². The number of halogens is 1. The molecular formula is C14H12FN5O. The zero-order valence-corrected chi connectivity index (χ0v) is 11.1. The first-order valence-corrected chi connectivity index (χ1v) is 6.39. The SMILES string of the molecule is N#Cc1c(N)nc(N)nc1-c1cc(F)cc2c1OCCC2. The van der Waals surface area contributed by atoms with Crippen molar-refractivity contribution in [1.82, 2.24) is 9.97 Å². The molecule has 7 heteroatoms. The molecule has 1 aromatic heterocycles. The van der Waals surface area contributed by atoms with E-state index in [4.69, 9.17) is 16.2 Å². The molecule has 0 unspecified atom stereocenters. The van der Waals surface area contributed by atoms with Gasteiger partial charge in [-0.05, 0) is 30.5 Å². The summed E-state index contributed by atoms with van der Waals surface area (Å²) in [7, 11) is 0. The normalized spacial score (nSPS) is 13.1. The molecular weight excluding hydrogens is 273 g/mol. The Labute approximate surface area is 120 Å². The quantitative estimate of drug-likeness (QED) is 0.824. The number of nitrogens with two attached hydrogens (primary N) is 2. The molecule has 4 N–H and O–H groups in total. The molecule has 2 aromatic rings. The third-order valence-corrected chi connectivity index (χ3v) is 3.29. The summed E-state index contributed by atoms with van der Waals surface area (Å²) in [5.74, 6) is -0.00492. The van der Waals surface area contributed by atoms with Gasteiger partial charge in [0.1, 0.15) is 29.0 Å². The van der Waals surface area contributed by atoms with Crippen LogP contribution in [0.5, 0.6) is 5.75 Å². The summed E-state index contributed by atoms with van der Waals surface area (Å²) in [6.07, 6.45) is 1.52. The lowest BCUT2D eigenvalue weighted by molar-refractivity contribution is 0.289. The number of nitriles is 1. The van der Waals surface area contributed by atoms with Gasteiger partial charge in [-0.1, -0.05) is 0 Å². The first kappa shape index (κ1) is 13.1. The van der Waals surface area contributed by atoms with E-state index in [2.05, 4.69) is 9.97 Å². The summed E-state index contributed by atoms with van der Waals surface area (Å²) in [6.45, 7) is 0.531. The highest BCUT2D eigenvalue weighted by Crippen LogP contribution is 2.38. The molecule has 1 aliphatic heterocycles. The Hall–Kier alpha value is -2.88. The highest BCUT2D eigenvalue weighted by molar-refractivity contribution is 5.78. The number of ether oxygens (including phenoxy) is 1. The summed E-state index contributed by atoms with van der Waals surface area (Å²) >= 11 is 0. The van der Waals surface area contributed by atoms with Crippen LogP contribution in [0.2, 0.25) is 0 Å². The molecule has 0 atom stereocenters. The van der Waals surface area contributed by atoms with Crippen LogP contribution in [0.15, 0.2) is 12.1 Å². The lowest BCUT2D eigenvalue weighted by atomic mass is 9.98. The minimum absolute atomic E-state index is 0.0335. The Morgan fingerprint density at radius 2 is 2.10 bits per heavy atom. The molecule has 3 rings (SSSR count). The van der Waals surface area contributed by atoms with Crippen LogP contribution in [0.3, 0.4) is 0 Å². The Morgan fingerprint density at radius 3 is 2.86 bits per heavy atom. The molecule has 0 aliphatic carbocycles. The zero-order chi connectivity index (χ0) is 15.0. The number of benzene rings is 1. The predicted molar refractivity (Wildman–Crippen MR) is 74.8 cm³/mol. The van der Waals surface area contributed by atoms with Gasteiger partial charge in [0.15, 0.2) is 0 Å². The maximum absolute atomic E-state index is 13.8. The second kappa shape index (κ2) is 4.90. The number of fused-ring (bicyclic) bond motifs is 1. The first-order chi connectivity index (χ1) is 10.1. The Morgan fingerprint density at radius 1 is 1.29 bits per heavy atom. The van der Waals surface area contributed by atoms with Crippen LogP contribution in [-0.4, -0.2) is 16.6 Å². The fourth-order valence-corrected chi connectivity index (χ4v) is 2.42. The third-order valence-electron chi connectivity index (χ3n) is 3.29. The summed E-state index contributed by atoms with van der Waals surface area (Å²) in [5, 5.41) is 9.24. The molecule has 0 spiro atoms. The molecule has 21 heavy (non-hydrogen) atoms. The average molecular weight is 285 g/mol. The number of hydrogen-bond acceptors (Lipinski definition) is 6. The van der Waals surface area contributed by atoms with E-state index in [9.17, 15) is 9.65 Å².